The summed E-state index contributed by atoms with van der Waals surface area (Å²) in [5, 5.41) is 0. The molecule has 2 saturated heterocycles. The number of amides is 2. The summed E-state index contributed by atoms with van der Waals surface area (Å²) in [5.74, 6) is -0.0162. The molecule has 0 radical (unpaired) electrons. The molecular weight excluding hydrogens is 306 g/mol. The number of anilines is 1. The van der Waals surface area contributed by atoms with Gasteiger partial charge in [0.15, 0.2) is 0 Å². The highest BCUT2D eigenvalue weighted by molar-refractivity contribution is 5.98. The van der Waals surface area contributed by atoms with Crippen molar-refractivity contribution in [3.63, 3.8) is 0 Å². The quantitative estimate of drug-likeness (QED) is 0.824. The highest BCUT2D eigenvalue weighted by Gasteiger charge is 2.44. The third-order valence-corrected chi connectivity index (χ3v) is 4.77. The van der Waals surface area contributed by atoms with E-state index in [-0.39, 0.29) is 23.7 Å². The maximum atomic E-state index is 12.8. The zero-order chi connectivity index (χ0) is 16.5. The van der Waals surface area contributed by atoms with Crippen LogP contribution in [0.5, 0.6) is 0 Å². The van der Waals surface area contributed by atoms with Gasteiger partial charge in [-0.15, -0.1) is 0 Å². The van der Waals surface area contributed by atoms with E-state index in [1.807, 2.05) is 12.1 Å². The van der Waals surface area contributed by atoms with Gasteiger partial charge in [-0.1, -0.05) is 0 Å². The summed E-state index contributed by atoms with van der Waals surface area (Å²) < 4.78 is 0. The largest absolute Gasteiger partial charge is 0.336 e. The molecule has 2 aliphatic rings. The minimum absolute atomic E-state index is 0.0775. The SMILES string of the molecule is O=C(c1cnccn1)N1CC2CCN(c3cccnc3)C(=O)C2C1. The van der Waals surface area contributed by atoms with Crippen LogP contribution >= 0.6 is 0 Å². The summed E-state index contributed by atoms with van der Waals surface area (Å²) in [4.78, 5) is 41.0. The lowest BCUT2D eigenvalue weighted by Gasteiger charge is -2.33. The molecule has 0 N–H and O–H groups in total. The molecule has 2 fully saturated rings. The molecule has 2 unspecified atom stereocenters. The summed E-state index contributed by atoms with van der Waals surface area (Å²) in [6.07, 6.45) is 8.79. The Morgan fingerprint density at radius 1 is 1.12 bits per heavy atom. The number of hydrogen-bond acceptors (Lipinski definition) is 5. The van der Waals surface area contributed by atoms with E-state index in [2.05, 4.69) is 15.0 Å². The first-order valence-electron chi connectivity index (χ1n) is 8.01. The normalized spacial score (nSPS) is 23.2. The number of piperidine rings is 1. The molecule has 4 heterocycles. The molecule has 2 amide bonds. The van der Waals surface area contributed by atoms with Gasteiger partial charge in [-0.3, -0.25) is 19.6 Å². The standard InChI is InChI=1S/C17H17N5O2/c23-16-14-11-21(17(24)15-9-19-5-6-20-15)10-12(14)3-7-22(16)13-2-1-4-18-8-13/h1-2,4-6,8-9,12,14H,3,7,10-11H2. The Morgan fingerprint density at radius 2 is 2.00 bits per heavy atom. The van der Waals surface area contributed by atoms with Crippen molar-refractivity contribution < 1.29 is 9.59 Å². The number of pyridine rings is 1. The lowest BCUT2D eigenvalue weighted by molar-refractivity contribution is -0.124. The second-order valence-corrected chi connectivity index (χ2v) is 6.16. The molecule has 2 aliphatic heterocycles. The van der Waals surface area contributed by atoms with Gasteiger partial charge in [0, 0.05) is 38.2 Å². The minimum atomic E-state index is -0.154. The predicted octanol–water partition coefficient (Wildman–Crippen LogP) is 0.997. The highest BCUT2D eigenvalue weighted by atomic mass is 16.2. The first-order chi connectivity index (χ1) is 11.7. The van der Waals surface area contributed by atoms with E-state index in [9.17, 15) is 9.59 Å². The Kier molecular flexibility index (Phi) is 3.68. The van der Waals surface area contributed by atoms with Gasteiger partial charge in [-0.05, 0) is 24.5 Å². The third-order valence-electron chi connectivity index (χ3n) is 4.77. The zero-order valence-electron chi connectivity index (χ0n) is 13.1. The van der Waals surface area contributed by atoms with E-state index in [1.54, 1.807) is 22.2 Å². The highest BCUT2D eigenvalue weighted by Crippen LogP contribution is 2.34. The van der Waals surface area contributed by atoms with Crippen LogP contribution in [0.2, 0.25) is 0 Å². The van der Waals surface area contributed by atoms with E-state index < -0.39 is 0 Å². The first-order valence-corrected chi connectivity index (χ1v) is 8.01. The Balaban J connectivity index is 1.51. The maximum Gasteiger partial charge on any atom is 0.274 e. The molecule has 122 valence electrons. The molecule has 0 saturated carbocycles. The number of aromatic nitrogens is 3. The van der Waals surface area contributed by atoms with Gasteiger partial charge in [0.2, 0.25) is 5.91 Å². The van der Waals surface area contributed by atoms with Gasteiger partial charge in [-0.2, -0.15) is 0 Å². The maximum absolute atomic E-state index is 12.8. The van der Waals surface area contributed by atoms with Crippen LogP contribution < -0.4 is 4.90 Å². The van der Waals surface area contributed by atoms with Crippen molar-refractivity contribution in [3.05, 3.63) is 48.8 Å². The number of fused-ring (bicyclic) bond motifs is 1. The van der Waals surface area contributed by atoms with Crippen LogP contribution in [0.15, 0.2) is 43.1 Å². The summed E-state index contributed by atoms with van der Waals surface area (Å²) in [6.45, 7) is 1.71. The van der Waals surface area contributed by atoms with Gasteiger partial charge >= 0.3 is 0 Å². The van der Waals surface area contributed by atoms with Gasteiger partial charge in [0.25, 0.3) is 5.91 Å². The number of rotatable bonds is 2. The van der Waals surface area contributed by atoms with Crippen molar-refractivity contribution in [2.75, 3.05) is 24.5 Å². The van der Waals surface area contributed by atoms with Gasteiger partial charge < -0.3 is 9.80 Å². The average Bonchev–Trinajstić information content (AvgIpc) is 3.08. The molecular formula is C17H17N5O2. The molecule has 0 aromatic carbocycles. The topological polar surface area (TPSA) is 79.3 Å². The molecule has 0 aliphatic carbocycles. The van der Waals surface area contributed by atoms with Crippen LogP contribution in [-0.4, -0.2) is 51.3 Å². The second kappa shape index (κ2) is 5.99. The fraction of sp³-hybridized carbons (Fsp3) is 0.353. The minimum Gasteiger partial charge on any atom is -0.336 e. The summed E-state index contributed by atoms with van der Waals surface area (Å²) >= 11 is 0. The fourth-order valence-electron chi connectivity index (χ4n) is 3.56. The van der Waals surface area contributed by atoms with Crippen molar-refractivity contribution in [3.8, 4) is 0 Å². The molecule has 0 bridgehead atoms. The lowest BCUT2D eigenvalue weighted by Crippen LogP contribution is -2.45. The monoisotopic (exact) mass is 323 g/mol. The van der Waals surface area contributed by atoms with Crippen LogP contribution in [0.3, 0.4) is 0 Å². The molecule has 7 nitrogen and oxygen atoms in total. The molecule has 2 atom stereocenters. The zero-order valence-corrected chi connectivity index (χ0v) is 13.1. The molecule has 0 spiro atoms. The number of carbonyl (C=O) groups excluding carboxylic acids is 2. The van der Waals surface area contributed by atoms with Crippen molar-refractivity contribution in [2.24, 2.45) is 11.8 Å². The smallest absolute Gasteiger partial charge is 0.274 e. The van der Waals surface area contributed by atoms with E-state index in [4.69, 9.17) is 0 Å². The number of hydrogen-bond donors (Lipinski definition) is 0. The van der Waals surface area contributed by atoms with Crippen LogP contribution in [-0.2, 0) is 4.79 Å². The Labute approximate surface area is 139 Å². The van der Waals surface area contributed by atoms with Crippen LogP contribution in [0.25, 0.3) is 0 Å². The van der Waals surface area contributed by atoms with Crippen molar-refractivity contribution in [1.29, 1.82) is 0 Å². The predicted molar refractivity (Wildman–Crippen MR) is 86.1 cm³/mol. The summed E-state index contributed by atoms with van der Waals surface area (Å²) in [5.41, 5.74) is 1.15. The van der Waals surface area contributed by atoms with Crippen molar-refractivity contribution in [2.45, 2.75) is 6.42 Å². The summed E-state index contributed by atoms with van der Waals surface area (Å²) in [7, 11) is 0. The van der Waals surface area contributed by atoms with Gasteiger partial charge in [0.1, 0.15) is 5.69 Å². The van der Waals surface area contributed by atoms with Crippen molar-refractivity contribution in [1.82, 2.24) is 19.9 Å². The number of carbonyl (C=O) groups is 2. The Hall–Kier alpha value is -2.83. The Bertz CT molecular complexity index is 752. The summed E-state index contributed by atoms with van der Waals surface area (Å²) in [6, 6.07) is 3.72. The number of likely N-dealkylation sites (tertiary alicyclic amines) is 1. The van der Waals surface area contributed by atoms with E-state index in [0.717, 1.165) is 12.1 Å². The first kappa shape index (κ1) is 14.7. The van der Waals surface area contributed by atoms with Crippen LogP contribution in [0.1, 0.15) is 16.9 Å². The van der Waals surface area contributed by atoms with Crippen LogP contribution in [0.4, 0.5) is 5.69 Å². The number of nitrogens with zero attached hydrogens (tertiary/aromatic N) is 5. The average molecular weight is 323 g/mol. The lowest BCUT2D eigenvalue weighted by atomic mass is 9.88. The van der Waals surface area contributed by atoms with E-state index >= 15 is 0 Å². The molecule has 24 heavy (non-hydrogen) atoms. The molecule has 2 aromatic heterocycles. The van der Waals surface area contributed by atoms with E-state index in [1.165, 1.54) is 18.6 Å². The molecule has 2 aromatic rings. The Morgan fingerprint density at radius 3 is 2.75 bits per heavy atom. The molecule has 7 heteroatoms. The van der Waals surface area contributed by atoms with Gasteiger partial charge in [0.05, 0.1) is 24.0 Å². The van der Waals surface area contributed by atoms with Crippen LogP contribution in [0, 0.1) is 11.8 Å². The van der Waals surface area contributed by atoms with Crippen molar-refractivity contribution >= 4 is 17.5 Å². The fourth-order valence-corrected chi connectivity index (χ4v) is 3.56. The van der Waals surface area contributed by atoms with Gasteiger partial charge in [-0.25, -0.2) is 4.98 Å². The molecule has 4 rings (SSSR count). The van der Waals surface area contributed by atoms with E-state index in [0.29, 0.717) is 25.3 Å². The second-order valence-electron chi connectivity index (χ2n) is 6.16. The third kappa shape index (κ3) is 2.51.